The van der Waals surface area contributed by atoms with Crippen LogP contribution in [0.5, 0.6) is 0 Å². The largest absolute Gasteiger partial charge is 0.398 e. The number of nitrogens with zero attached hydrogens (tertiary/aromatic N) is 1. The predicted octanol–water partition coefficient (Wildman–Crippen LogP) is 2.77. The Hall–Kier alpha value is -1.50. The van der Waals surface area contributed by atoms with Gasteiger partial charge in [0.1, 0.15) is 15.9 Å². The predicted molar refractivity (Wildman–Crippen MR) is 75.9 cm³/mol. The highest BCUT2D eigenvalue weighted by molar-refractivity contribution is 7.93. The summed E-state index contributed by atoms with van der Waals surface area (Å²) < 4.78 is 26.7. The van der Waals surface area contributed by atoms with Crippen molar-refractivity contribution in [1.82, 2.24) is 4.98 Å². The second kappa shape index (κ2) is 5.24. The standard InChI is InChI=1S/C11H9Cl2N3O2S/c12-7-3-1-4-8(14)11(7)19(17,18)16-10-6-2-5-9(13)15-10/h1-6H,14H2,(H,15,16). The van der Waals surface area contributed by atoms with E-state index in [9.17, 15) is 8.42 Å². The minimum Gasteiger partial charge on any atom is -0.398 e. The molecule has 1 aromatic heterocycles. The summed E-state index contributed by atoms with van der Waals surface area (Å²) in [6.07, 6.45) is 0. The number of anilines is 2. The maximum absolute atomic E-state index is 12.2. The number of aromatic nitrogens is 1. The van der Waals surface area contributed by atoms with Gasteiger partial charge in [0, 0.05) is 0 Å². The van der Waals surface area contributed by atoms with Gasteiger partial charge in [-0.25, -0.2) is 13.4 Å². The molecule has 1 aromatic carbocycles. The third kappa shape index (κ3) is 3.09. The van der Waals surface area contributed by atoms with E-state index in [1.807, 2.05) is 0 Å². The van der Waals surface area contributed by atoms with E-state index in [2.05, 4.69) is 9.71 Å². The molecule has 2 aromatic rings. The monoisotopic (exact) mass is 317 g/mol. The van der Waals surface area contributed by atoms with Gasteiger partial charge in [-0.15, -0.1) is 0 Å². The molecule has 0 aliphatic carbocycles. The molecule has 0 aliphatic rings. The Balaban J connectivity index is 2.44. The second-order valence-electron chi connectivity index (χ2n) is 3.61. The molecule has 100 valence electrons. The molecule has 19 heavy (non-hydrogen) atoms. The van der Waals surface area contributed by atoms with Crippen molar-refractivity contribution in [3.05, 3.63) is 46.6 Å². The number of nitrogens with two attached hydrogens (primary N) is 1. The molecule has 0 saturated carbocycles. The van der Waals surface area contributed by atoms with E-state index >= 15 is 0 Å². The van der Waals surface area contributed by atoms with E-state index in [1.54, 1.807) is 12.1 Å². The zero-order valence-electron chi connectivity index (χ0n) is 9.47. The van der Waals surface area contributed by atoms with Crippen LogP contribution in [-0.2, 0) is 10.0 Å². The summed E-state index contributed by atoms with van der Waals surface area (Å²) in [5.41, 5.74) is 5.70. The van der Waals surface area contributed by atoms with Gasteiger partial charge in [-0.3, -0.25) is 4.72 Å². The van der Waals surface area contributed by atoms with Crippen LogP contribution in [0, 0.1) is 0 Å². The first-order valence-electron chi connectivity index (χ1n) is 5.09. The van der Waals surface area contributed by atoms with E-state index in [0.29, 0.717) is 0 Å². The fourth-order valence-electron chi connectivity index (χ4n) is 1.46. The van der Waals surface area contributed by atoms with Crippen molar-refractivity contribution in [3.8, 4) is 0 Å². The summed E-state index contributed by atoms with van der Waals surface area (Å²) in [6, 6.07) is 9.03. The van der Waals surface area contributed by atoms with Crippen molar-refractivity contribution in [2.45, 2.75) is 4.90 Å². The quantitative estimate of drug-likeness (QED) is 0.673. The van der Waals surface area contributed by atoms with Gasteiger partial charge in [0.15, 0.2) is 0 Å². The molecule has 0 amide bonds. The van der Waals surface area contributed by atoms with Crippen molar-refractivity contribution in [3.63, 3.8) is 0 Å². The molecule has 2 rings (SSSR count). The van der Waals surface area contributed by atoms with E-state index in [0.717, 1.165) is 0 Å². The van der Waals surface area contributed by atoms with Crippen molar-refractivity contribution in [1.29, 1.82) is 0 Å². The average molecular weight is 318 g/mol. The molecule has 0 aliphatic heterocycles. The van der Waals surface area contributed by atoms with Gasteiger partial charge in [0.05, 0.1) is 10.7 Å². The number of sulfonamides is 1. The van der Waals surface area contributed by atoms with Crippen LogP contribution in [-0.4, -0.2) is 13.4 Å². The number of hydrogen-bond donors (Lipinski definition) is 2. The van der Waals surface area contributed by atoms with Crippen molar-refractivity contribution in [2.75, 3.05) is 10.5 Å². The van der Waals surface area contributed by atoms with E-state index in [-0.39, 0.29) is 26.6 Å². The molecule has 0 saturated heterocycles. The summed E-state index contributed by atoms with van der Waals surface area (Å²) in [5.74, 6) is 0.0896. The highest BCUT2D eigenvalue weighted by atomic mass is 35.5. The van der Waals surface area contributed by atoms with Crippen LogP contribution < -0.4 is 10.5 Å². The lowest BCUT2D eigenvalue weighted by molar-refractivity contribution is 0.601. The second-order valence-corrected chi connectivity index (χ2v) is 6.02. The Bertz CT molecular complexity index is 699. The number of nitrogen functional groups attached to an aromatic ring is 1. The first-order valence-corrected chi connectivity index (χ1v) is 7.33. The number of rotatable bonds is 3. The van der Waals surface area contributed by atoms with Crippen LogP contribution in [0.2, 0.25) is 10.2 Å². The molecule has 0 fully saturated rings. The molecule has 1 heterocycles. The Labute approximate surface area is 120 Å². The lowest BCUT2D eigenvalue weighted by atomic mass is 10.3. The number of halogens is 2. The molecule has 3 N–H and O–H groups in total. The van der Waals surface area contributed by atoms with Crippen molar-refractivity contribution in [2.24, 2.45) is 0 Å². The van der Waals surface area contributed by atoms with Gasteiger partial charge in [-0.2, -0.15) is 0 Å². The van der Waals surface area contributed by atoms with Crippen LogP contribution in [0.4, 0.5) is 11.5 Å². The van der Waals surface area contributed by atoms with E-state index < -0.39 is 10.0 Å². The lowest BCUT2D eigenvalue weighted by Crippen LogP contribution is -2.16. The third-order valence-corrected chi connectivity index (χ3v) is 4.33. The summed E-state index contributed by atoms with van der Waals surface area (Å²) >= 11 is 11.6. The number of pyridine rings is 1. The van der Waals surface area contributed by atoms with E-state index in [1.165, 1.54) is 24.3 Å². The molecular formula is C11H9Cl2N3O2S. The Morgan fingerprint density at radius 1 is 1.11 bits per heavy atom. The highest BCUT2D eigenvalue weighted by Gasteiger charge is 2.21. The minimum absolute atomic E-state index is 0.0366. The smallest absolute Gasteiger partial charge is 0.266 e. The normalized spacial score (nSPS) is 11.3. The van der Waals surface area contributed by atoms with Gasteiger partial charge in [0.25, 0.3) is 10.0 Å². The molecule has 0 atom stereocenters. The SMILES string of the molecule is Nc1cccc(Cl)c1S(=O)(=O)Nc1cccc(Cl)n1. The number of benzene rings is 1. The maximum Gasteiger partial charge on any atom is 0.266 e. The fourth-order valence-corrected chi connectivity index (χ4v) is 3.31. The molecular weight excluding hydrogens is 309 g/mol. The number of hydrogen-bond acceptors (Lipinski definition) is 4. The van der Waals surface area contributed by atoms with Crippen LogP contribution in [0.3, 0.4) is 0 Å². The average Bonchev–Trinajstić information content (AvgIpc) is 2.27. The third-order valence-electron chi connectivity index (χ3n) is 2.22. The van der Waals surface area contributed by atoms with Crippen molar-refractivity contribution >= 4 is 44.7 Å². The topological polar surface area (TPSA) is 85.1 Å². The number of nitrogens with one attached hydrogen (secondary N) is 1. The van der Waals surface area contributed by atoms with Crippen LogP contribution >= 0.6 is 23.2 Å². The van der Waals surface area contributed by atoms with Crippen LogP contribution in [0.15, 0.2) is 41.3 Å². The van der Waals surface area contributed by atoms with Gasteiger partial charge >= 0.3 is 0 Å². The molecule has 8 heteroatoms. The van der Waals surface area contributed by atoms with Crippen molar-refractivity contribution < 1.29 is 8.42 Å². The Morgan fingerprint density at radius 2 is 1.79 bits per heavy atom. The molecule has 5 nitrogen and oxygen atoms in total. The van der Waals surface area contributed by atoms with Crippen LogP contribution in [0.1, 0.15) is 0 Å². The Morgan fingerprint density at radius 3 is 2.42 bits per heavy atom. The zero-order chi connectivity index (χ0) is 14.0. The summed E-state index contributed by atoms with van der Waals surface area (Å²) in [5, 5.41) is 0.210. The molecule has 0 spiro atoms. The molecule has 0 radical (unpaired) electrons. The first kappa shape index (κ1) is 13.9. The molecule has 0 unspecified atom stereocenters. The van der Waals surface area contributed by atoms with Gasteiger partial charge in [-0.1, -0.05) is 35.3 Å². The van der Waals surface area contributed by atoms with Crippen LogP contribution in [0.25, 0.3) is 0 Å². The summed E-state index contributed by atoms with van der Waals surface area (Å²) in [6.45, 7) is 0. The maximum atomic E-state index is 12.2. The summed E-state index contributed by atoms with van der Waals surface area (Å²) in [7, 11) is -3.92. The lowest BCUT2D eigenvalue weighted by Gasteiger charge is -2.10. The van der Waals surface area contributed by atoms with Gasteiger partial charge in [-0.05, 0) is 24.3 Å². The van der Waals surface area contributed by atoms with Gasteiger partial charge in [0.2, 0.25) is 0 Å². The molecule has 0 bridgehead atoms. The summed E-state index contributed by atoms with van der Waals surface area (Å²) in [4.78, 5) is 3.65. The fraction of sp³-hybridized carbons (Fsp3) is 0. The zero-order valence-corrected chi connectivity index (χ0v) is 11.8. The minimum atomic E-state index is -3.92. The highest BCUT2D eigenvalue weighted by Crippen LogP contribution is 2.28. The Kier molecular flexibility index (Phi) is 3.84. The first-order chi connectivity index (χ1) is 8.90. The van der Waals surface area contributed by atoms with Gasteiger partial charge < -0.3 is 5.73 Å². The van der Waals surface area contributed by atoms with E-state index in [4.69, 9.17) is 28.9 Å².